The van der Waals surface area contributed by atoms with Gasteiger partial charge in [0.25, 0.3) is 5.56 Å². The smallest absolute Gasteiger partial charge is 0.258 e. The van der Waals surface area contributed by atoms with Gasteiger partial charge in [-0.25, -0.2) is 4.98 Å². The highest BCUT2D eigenvalue weighted by atomic mass is 32.2. The van der Waals surface area contributed by atoms with E-state index in [1.54, 1.807) is 22.2 Å². The Hall–Kier alpha value is -2.07. The molecule has 0 radical (unpaired) electrons. The molecule has 0 amide bonds. The Labute approximate surface area is 140 Å². The van der Waals surface area contributed by atoms with E-state index in [0.717, 1.165) is 11.4 Å². The van der Waals surface area contributed by atoms with Gasteiger partial charge < -0.3 is 0 Å². The lowest BCUT2D eigenvalue weighted by atomic mass is 10.0. The minimum Gasteiger partial charge on any atom is -0.269 e. The number of rotatable bonds is 4. The van der Waals surface area contributed by atoms with E-state index in [2.05, 4.69) is 43.1 Å². The fraction of sp³-hybridized carbons (Fsp3) is 0.263. The highest BCUT2D eigenvalue weighted by molar-refractivity contribution is 7.98. The van der Waals surface area contributed by atoms with Crippen LogP contribution in [0.25, 0.3) is 5.65 Å². The van der Waals surface area contributed by atoms with E-state index in [0.29, 0.717) is 17.3 Å². The van der Waals surface area contributed by atoms with Gasteiger partial charge in [-0.2, -0.15) is 0 Å². The average molecular weight is 324 g/mol. The van der Waals surface area contributed by atoms with Crippen LogP contribution in [-0.2, 0) is 5.75 Å². The third-order valence-electron chi connectivity index (χ3n) is 3.87. The molecule has 0 saturated carbocycles. The molecule has 118 valence electrons. The molecule has 0 spiro atoms. The molecule has 2 heterocycles. The highest BCUT2D eigenvalue weighted by Gasteiger charge is 2.05. The standard InChI is InChI=1S/C19H20N2OS/c1-13(2)15-7-9-17(10-8-15)23-12-16-11-19(22)21-14(3)5-4-6-18(21)20-16/h4-11,13H,12H2,1-3H3. The summed E-state index contributed by atoms with van der Waals surface area (Å²) >= 11 is 1.70. The summed E-state index contributed by atoms with van der Waals surface area (Å²) in [4.78, 5) is 18.1. The molecule has 0 N–H and O–H groups in total. The van der Waals surface area contributed by atoms with Crippen molar-refractivity contribution in [2.24, 2.45) is 0 Å². The second kappa shape index (κ2) is 6.59. The number of hydrogen-bond acceptors (Lipinski definition) is 3. The van der Waals surface area contributed by atoms with Crippen molar-refractivity contribution in [3.8, 4) is 0 Å². The lowest BCUT2D eigenvalue weighted by molar-refractivity contribution is 0.865. The van der Waals surface area contributed by atoms with E-state index in [-0.39, 0.29) is 5.56 Å². The third-order valence-corrected chi connectivity index (χ3v) is 4.91. The van der Waals surface area contributed by atoms with Crippen LogP contribution in [0.1, 0.15) is 36.7 Å². The molecule has 1 aromatic carbocycles. The maximum Gasteiger partial charge on any atom is 0.258 e. The molecule has 0 aliphatic heterocycles. The van der Waals surface area contributed by atoms with Crippen molar-refractivity contribution in [1.82, 2.24) is 9.38 Å². The Morgan fingerprint density at radius 1 is 1.13 bits per heavy atom. The zero-order valence-corrected chi connectivity index (χ0v) is 14.4. The van der Waals surface area contributed by atoms with Gasteiger partial charge in [0.15, 0.2) is 0 Å². The predicted molar refractivity (Wildman–Crippen MR) is 96.3 cm³/mol. The molecule has 0 fully saturated rings. The summed E-state index contributed by atoms with van der Waals surface area (Å²) in [5.41, 5.74) is 3.76. The van der Waals surface area contributed by atoms with Gasteiger partial charge in [-0.1, -0.05) is 32.0 Å². The van der Waals surface area contributed by atoms with Crippen molar-refractivity contribution in [2.75, 3.05) is 0 Å². The minimum absolute atomic E-state index is 0.0149. The van der Waals surface area contributed by atoms with Gasteiger partial charge in [0, 0.05) is 22.4 Å². The van der Waals surface area contributed by atoms with Gasteiger partial charge in [-0.15, -0.1) is 11.8 Å². The molecule has 0 aliphatic rings. The van der Waals surface area contributed by atoms with Crippen LogP contribution in [0, 0.1) is 6.92 Å². The minimum atomic E-state index is -0.0149. The molecule has 2 aromatic heterocycles. The predicted octanol–water partition coefficient (Wildman–Crippen LogP) is 4.42. The topological polar surface area (TPSA) is 34.4 Å². The Bertz CT molecular complexity index is 882. The van der Waals surface area contributed by atoms with E-state index >= 15 is 0 Å². The fourth-order valence-electron chi connectivity index (χ4n) is 2.54. The monoisotopic (exact) mass is 324 g/mol. The normalized spacial score (nSPS) is 11.3. The van der Waals surface area contributed by atoms with E-state index in [4.69, 9.17) is 0 Å². The molecule has 0 saturated heterocycles. The summed E-state index contributed by atoms with van der Waals surface area (Å²) in [6, 6.07) is 16.0. The van der Waals surface area contributed by atoms with Gasteiger partial charge in [0.05, 0.1) is 5.69 Å². The highest BCUT2D eigenvalue weighted by Crippen LogP contribution is 2.24. The number of thioether (sulfide) groups is 1. The van der Waals surface area contributed by atoms with E-state index in [1.807, 2.05) is 25.1 Å². The molecule has 0 bridgehead atoms. The molecular formula is C19H20N2OS. The van der Waals surface area contributed by atoms with Gasteiger partial charge in [0.1, 0.15) is 5.65 Å². The van der Waals surface area contributed by atoms with Crippen LogP contribution in [0.15, 0.2) is 58.2 Å². The van der Waals surface area contributed by atoms with Crippen LogP contribution in [0.4, 0.5) is 0 Å². The van der Waals surface area contributed by atoms with E-state index in [9.17, 15) is 4.79 Å². The summed E-state index contributed by atoms with van der Waals surface area (Å²) < 4.78 is 1.64. The maximum atomic E-state index is 12.3. The largest absolute Gasteiger partial charge is 0.269 e. The molecule has 0 atom stereocenters. The summed E-state index contributed by atoms with van der Waals surface area (Å²) in [7, 11) is 0. The van der Waals surface area contributed by atoms with Gasteiger partial charge in [-0.3, -0.25) is 9.20 Å². The van der Waals surface area contributed by atoms with Crippen LogP contribution < -0.4 is 5.56 Å². The quantitative estimate of drug-likeness (QED) is 0.666. The molecular weight excluding hydrogens is 304 g/mol. The summed E-state index contributed by atoms with van der Waals surface area (Å²) in [6.45, 7) is 6.30. The second-order valence-corrected chi connectivity index (χ2v) is 7.01. The molecule has 4 heteroatoms. The number of aromatic nitrogens is 2. The first-order chi connectivity index (χ1) is 11.0. The van der Waals surface area contributed by atoms with Crippen molar-refractivity contribution in [1.29, 1.82) is 0 Å². The number of hydrogen-bond donors (Lipinski definition) is 0. The Balaban J connectivity index is 1.81. The van der Waals surface area contributed by atoms with Crippen LogP contribution >= 0.6 is 11.8 Å². The fourth-order valence-corrected chi connectivity index (χ4v) is 3.33. The zero-order valence-electron chi connectivity index (χ0n) is 13.6. The third kappa shape index (κ3) is 3.48. The Morgan fingerprint density at radius 2 is 1.87 bits per heavy atom. The molecule has 0 unspecified atom stereocenters. The first-order valence-electron chi connectivity index (χ1n) is 7.75. The Kier molecular flexibility index (Phi) is 4.53. The molecule has 3 aromatic rings. The van der Waals surface area contributed by atoms with Gasteiger partial charge in [-0.05, 0) is 42.7 Å². The average Bonchev–Trinajstić information content (AvgIpc) is 2.53. The maximum absolute atomic E-state index is 12.3. The van der Waals surface area contributed by atoms with Gasteiger partial charge >= 0.3 is 0 Å². The molecule has 0 aliphatic carbocycles. The van der Waals surface area contributed by atoms with Gasteiger partial charge in [0.2, 0.25) is 0 Å². The summed E-state index contributed by atoms with van der Waals surface area (Å²) in [5.74, 6) is 1.24. The first kappa shape index (κ1) is 15.8. The molecule has 3 nitrogen and oxygen atoms in total. The van der Waals surface area contributed by atoms with Crippen molar-refractivity contribution < 1.29 is 0 Å². The molecule has 3 rings (SSSR count). The summed E-state index contributed by atoms with van der Waals surface area (Å²) in [5, 5.41) is 0. The van der Waals surface area contributed by atoms with Crippen LogP contribution in [0.3, 0.4) is 0 Å². The number of pyridine rings is 1. The Morgan fingerprint density at radius 3 is 2.57 bits per heavy atom. The lowest BCUT2D eigenvalue weighted by Crippen LogP contribution is -2.17. The van der Waals surface area contributed by atoms with E-state index in [1.165, 1.54) is 10.5 Å². The number of benzene rings is 1. The van der Waals surface area contributed by atoms with Crippen LogP contribution in [-0.4, -0.2) is 9.38 Å². The first-order valence-corrected chi connectivity index (χ1v) is 8.74. The molecule has 23 heavy (non-hydrogen) atoms. The van der Waals surface area contributed by atoms with Crippen LogP contribution in [0.5, 0.6) is 0 Å². The lowest BCUT2D eigenvalue weighted by Gasteiger charge is -2.08. The summed E-state index contributed by atoms with van der Waals surface area (Å²) in [6.07, 6.45) is 0. The van der Waals surface area contributed by atoms with Crippen molar-refractivity contribution in [3.05, 3.63) is 75.8 Å². The second-order valence-electron chi connectivity index (χ2n) is 5.96. The number of nitrogens with zero attached hydrogens (tertiary/aromatic N) is 2. The zero-order chi connectivity index (χ0) is 16.4. The van der Waals surface area contributed by atoms with Crippen molar-refractivity contribution >= 4 is 17.4 Å². The van der Waals surface area contributed by atoms with Crippen molar-refractivity contribution in [3.63, 3.8) is 0 Å². The number of aryl methyl sites for hydroxylation is 1. The van der Waals surface area contributed by atoms with Crippen LogP contribution in [0.2, 0.25) is 0 Å². The SMILES string of the molecule is Cc1cccc2nc(CSc3ccc(C(C)C)cc3)cc(=O)n12. The van der Waals surface area contributed by atoms with E-state index < -0.39 is 0 Å². The van der Waals surface area contributed by atoms with Crippen molar-refractivity contribution in [2.45, 2.75) is 37.3 Å². The number of fused-ring (bicyclic) bond motifs is 1.